The van der Waals surface area contributed by atoms with Gasteiger partial charge in [0.25, 0.3) is 0 Å². The van der Waals surface area contributed by atoms with Crippen LogP contribution in [-0.4, -0.2) is 23.1 Å². The van der Waals surface area contributed by atoms with Crippen LogP contribution >= 0.6 is 0 Å². The molecule has 0 heterocycles. The largest absolute Gasteiger partial charge is 0.411 e. The molecule has 0 rings (SSSR count). The molecule has 0 amide bonds. The Balaban J connectivity index is 3.07. The molecule has 2 N–H and O–H groups in total. The highest BCUT2D eigenvalue weighted by Crippen LogP contribution is 1.76. The fourth-order valence-electron chi connectivity index (χ4n) is 0.270. The number of allylic oxidation sites excluding steroid dienone is 1. The molecule has 0 aliphatic carbocycles. The van der Waals surface area contributed by atoms with Gasteiger partial charge in [-0.1, -0.05) is 11.2 Å². The lowest BCUT2D eigenvalue weighted by molar-refractivity contribution is 0.302. The van der Waals surface area contributed by atoms with Crippen molar-refractivity contribution in [2.75, 3.05) is 6.61 Å². The Morgan fingerprint density at radius 2 is 2.25 bits per heavy atom. The second-order valence-electron chi connectivity index (χ2n) is 1.20. The molecule has 0 aliphatic rings. The van der Waals surface area contributed by atoms with Gasteiger partial charge in [0.15, 0.2) is 0 Å². The predicted octanol–water partition coefficient (Wildman–Crippen LogP) is 0.385. The first-order valence-corrected chi connectivity index (χ1v) is 2.35. The number of nitrogens with zero attached hydrogens (tertiary/aromatic N) is 1. The van der Waals surface area contributed by atoms with Crippen LogP contribution in [0.25, 0.3) is 0 Å². The molecule has 46 valence electrons. The van der Waals surface area contributed by atoms with Gasteiger partial charge in [0.05, 0.1) is 6.21 Å². The van der Waals surface area contributed by atoms with Gasteiger partial charge in [-0.25, -0.2) is 0 Å². The van der Waals surface area contributed by atoms with Crippen molar-refractivity contribution in [2.24, 2.45) is 5.16 Å². The van der Waals surface area contributed by atoms with Gasteiger partial charge in [-0.15, -0.1) is 0 Å². The zero-order chi connectivity index (χ0) is 6.24. The molecule has 3 heteroatoms. The summed E-state index contributed by atoms with van der Waals surface area (Å²) < 4.78 is 0. The van der Waals surface area contributed by atoms with Crippen molar-refractivity contribution in [1.29, 1.82) is 0 Å². The van der Waals surface area contributed by atoms with E-state index in [1.165, 1.54) is 6.21 Å². The fraction of sp³-hybridized carbons (Fsp3) is 0.400. The van der Waals surface area contributed by atoms with E-state index < -0.39 is 0 Å². The van der Waals surface area contributed by atoms with Crippen molar-refractivity contribution >= 4 is 6.21 Å². The molecule has 0 aliphatic heterocycles. The van der Waals surface area contributed by atoms with E-state index in [0.717, 1.165) is 0 Å². The molecule has 0 unspecified atom stereocenters. The zero-order valence-electron chi connectivity index (χ0n) is 4.49. The maximum absolute atomic E-state index is 8.21. The van der Waals surface area contributed by atoms with Crippen molar-refractivity contribution in [1.82, 2.24) is 0 Å². The topological polar surface area (TPSA) is 52.8 Å². The minimum atomic E-state index is 0.135. The number of aliphatic hydroxyl groups is 1. The Bertz CT molecular complexity index is 88.4. The van der Waals surface area contributed by atoms with Crippen molar-refractivity contribution in [3.05, 3.63) is 12.2 Å². The molecule has 0 atom stereocenters. The first-order valence-electron chi connectivity index (χ1n) is 2.35. The van der Waals surface area contributed by atoms with Gasteiger partial charge in [0.2, 0.25) is 0 Å². The molecule has 0 radical (unpaired) electrons. The summed E-state index contributed by atoms with van der Waals surface area (Å²) >= 11 is 0. The third-order valence-electron chi connectivity index (χ3n) is 0.585. The van der Waals surface area contributed by atoms with E-state index in [9.17, 15) is 0 Å². The van der Waals surface area contributed by atoms with Gasteiger partial charge in [0.1, 0.15) is 0 Å². The Hall–Kier alpha value is -0.830. The van der Waals surface area contributed by atoms with Crippen molar-refractivity contribution in [3.63, 3.8) is 0 Å². The maximum atomic E-state index is 8.21. The number of rotatable bonds is 3. The normalized spacial score (nSPS) is 11.6. The summed E-state index contributed by atoms with van der Waals surface area (Å²) in [5, 5.41) is 18.7. The van der Waals surface area contributed by atoms with E-state index in [2.05, 4.69) is 5.16 Å². The lowest BCUT2D eigenvalue weighted by Crippen LogP contribution is -1.75. The monoisotopic (exact) mass is 115 g/mol. The van der Waals surface area contributed by atoms with Crippen LogP contribution in [0, 0.1) is 0 Å². The average molecular weight is 115 g/mol. The average Bonchev–Trinajstić information content (AvgIpc) is 1.81. The fourth-order valence-corrected chi connectivity index (χ4v) is 0.270. The molecule has 0 aromatic carbocycles. The first-order chi connectivity index (χ1) is 3.91. The van der Waals surface area contributed by atoms with Crippen LogP contribution in [0.5, 0.6) is 0 Å². The van der Waals surface area contributed by atoms with Crippen LogP contribution in [0.1, 0.15) is 6.42 Å². The van der Waals surface area contributed by atoms with Crippen LogP contribution < -0.4 is 0 Å². The van der Waals surface area contributed by atoms with E-state index in [1.54, 1.807) is 12.2 Å². The van der Waals surface area contributed by atoms with Gasteiger partial charge < -0.3 is 10.3 Å². The third-order valence-corrected chi connectivity index (χ3v) is 0.585. The molecular formula is C5H9NO2. The molecule has 0 aromatic heterocycles. The molecule has 3 nitrogen and oxygen atoms in total. The van der Waals surface area contributed by atoms with Gasteiger partial charge in [-0.05, 0) is 12.5 Å². The quantitative estimate of drug-likeness (QED) is 0.317. The predicted molar refractivity (Wildman–Crippen MR) is 31.1 cm³/mol. The van der Waals surface area contributed by atoms with Crippen LogP contribution in [0.2, 0.25) is 0 Å². The summed E-state index contributed by atoms with van der Waals surface area (Å²) in [4.78, 5) is 0. The molecule has 0 saturated carbocycles. The summed E-state index contributed by atoms with van der Waals surface area (Å²) in [6, 6.07) is 0. The van der Waals surface area contributed by atoms with Crippen molar-refractivity contribution in [2.45, 2.75) is 6.42 Å². The first kappa shape index (κ1) is 7.17. The highest BCUT2D eigenvalue weighted by molar-refractivity contribution is 5.70. The van der Waals surface area contributed by atoms with E-state index in [0.29, 0.717) is 6.42 Å². The molecule has 0 spiro atoms. The van der Waals surface area contributed by atoms with Crippen molar-refractivity contribution in [3.8, 4) is 0 Å². The third kappa shape index (κ3) is 5.17. The Morgan fingerprint density at radius 3 is 2.75 bits per heavy atom. The highest BCUT2D eigenvalue weighted by atomic mass is 16.4. The molecule has 0 aromatic rings. The van der Waals surface area contributed by atoms with Gasteiger partial charge in [0, 0.05) is 6.61 Å². The van der Waals surface area contributed by atoms with Crippen LogP contribution in [0.3, 0.4) is 0 Å². The Kier molecular flexibility index (Phi) is 5.53. The van der Waals surface area contributed by atoms with E-state index in [-0.39, 0.29) is 6.61 Å². The standard InChI is InChI=1S/C5H9NO2/c7-5-3-1-2-4-6-8/h1-2,4,7-8H,3,5H2. The van der Waals surface area contributed by atoms with E-state index in [1.807, 2.05) is 0 Å². The van der Waals surface area contributed by atoms with Gasteiger partial charge in [-0.3, -0.25) is 0 Å². The zero-order valence-corrected chi connectivity index (χ0v) is 4.49. The highest BCUT2D eigenvalue weighted by Gasteiger charge is 1.68. The summed E-state index contributed by atoms with van der Waals surface area (Å²) in [5.74, 6) is 0. The second kappa shape index (κ2) is 6.17. The van der Waals surface area contributed by atoms with Gasteiger partial charge >= 0.3 is 0 Å². The van der Waals surface area contributed by atoms with Gasteiger partial charge in [-0.2, -0.15) is 0 Å². The molecule has 8 heavy (non-hydrogen) atoms. The summed E-state index contributed by atoms with van der Waals surface area (Å²) in [6.07, 6.45) is 5.12. The number of oxime groups is 1. The molecular weight excluding hydrogens is 106 g/mol. The minimum absolute atomic E-state index is 0.135. The maximum Gasteiger partial charge on any atom is 0.0658 e. The number of hydrogen-bond acceptors (Lipinski definition) is 3. The second-order valence-corrected chi connectivity index (χ2v) is 1.20. The van der Waals surface area contributed by atoms with E-state index in [4.69, 9.17) is 10.3 Å². The summed E-state index contributed by atoms with van der Waals surface area (Å²) in [5.41, 5.74) is 0. The minimum Gasteiger partial charge on any atom is -0.411 e. The number of aliphatic hydroxyl groups excluding tert-OH is 1. The molecule has 0 bridgehead atoms. The smallest absolute Gasteiger partial charge is 0.0658 e. The van der Waals surface area contributed by atoms with E-state index >= 15 is 0 Å². The summed E-state index contributed by atoms with van der Waals surface area (Å²) in [7, 11) is 0. The lowest BCUT2D eigenvalue weighted by atomic mass is 10.4. The van der Waals surface area contributed by atoms with Crippen LogP contribution in [-0.2, 0) is 0 Å². The molecule has 0 fully saturated rings. The summed E-state index contributed by atoms with van der Waals surface area (Å²) in [6.45, 7) is 0.135. The van der Waals surface area contributed by atoms with Crippen LogP contribution in [0.15, 0.2) is 17.3 Å². The lowest BCUT2D eigenvalue weighted by Gasteiger charge is -1.77. The Labute approximate surface area is 47.9 Å². The number of hydrogen-bond donors (Lipinski definition) is 2. The van der Waals surface area contributed by atoms with Crippen molar-refractivity contribution < 1.29 is 10.3 Å². The SMILES string of the molecule is OCCC=CC=NO. The Morgan fingerprint density at radius 1 is 1.50 bits per heavy atom. The molecule has 0 saturated heterocycles. The van der Waals surface area contributed by atoms with Crippen LogP contribution in [0.4, 0.5) is 0 Å².